The second-order valence-corrected chi connectivity index (χ2v) is 6.05. The largest absolute Gasteiger partial charge is 0.497 e. The molecule has 0 aliphatic heterocycles. The average Bonchev–Trinajstić information content (AvgIpc) is 2.74. The lowest BCUT2D eigenvalue weighted by atomic mass is 10.1. The van der Waals surface area contributed by atoms with E-state index in [0.29, 0.717) is 23.7 Å². The fourth-order valence-electron chi connectivity index (χ4n) is 2.68. The number of carbonyl (C=O) groups is 1. The van der Waals surface area contributed by atoms with Gasteiger partial charge in [-0.25, -0.2) is 4.68 Å². The van der Waals surface area contributed by atoms with Gasteiger partial charge in [-0.15, -0.1) is 0 Å². The molecule has 0 atom stereocenters. The van der Waals surface area contributed by atoms with E-state index in [1.165, 1.54) is 13.2 Å². The molecular weight excluding hydrogens is 358 g/mol. The van der Waals surface area contributed by atoms with E-state index < -0.39 is 5.56 Å². The zero-order valence-corrected chi connectivity index (χ0v) is 15.7. The number of hydrogen-bond acceptors (Lipinski definition) is 5. The van der Waals surface area contributed by atoms with Crippen LogP contribution in [0.15, 0.2) is 65.5 Å². The van der Waals surface area contributed by atoms with Crippen molar-refractivity contribution >= 4 is 5.91 Å². The molecule has 0 saturated carbocycles. The van der Waals surface area contributed by atoms with Gasteiger partial charge in [0.25, 0.3) is 5.56 Å². The molecule has 0 fully saturated rings. The summed E-state index contributed by atoms with van der Waals surface area (Å²) >= 11 is 0. The minimum absolute atomic E-state index is 0.182. The predicted octanol–water partition coefficient (Wildman–Crippen LogP) is 2.24. The highest BCUT2D eigenvalue weighted by atomic mass is 16.5. The number of aromatic nitrogens is 2. The van der Waals surface area contributed by atoms with Crippen molar-refractivity contribution in [1.29, 1.82) is 0 Å². The Kier molecular flexibility index (Phi) is 6.06. The van der Waals surface area contributed by atoms with E-state index in [4.69, 9.17) is 9.47 Å². The van der Waals surface area contributed by atoms with Crippen molar-refractivity contribution in [2.75, 3.05) is 14.2 Å². The molecule has 0 radical (unpaired) electrons. The van der Waals surface area contributed by atoms with Gasteiger partial charge in [-0.3, -0.25) is 9.59 Å². The normalized spacial score (nSPS) is 10.4. The number of methoxy groups -OCH3 is 2. The second-order valence-electron chi connectivity index (χ2n) is 6.05. The van der Waals surface area contributed by atoms with Crippen molar-refractivity contribution in [2.45, 2.75) is 13.1 Å². The highest BCUT2D eigenvalue weighted by Crippen LogP contribution is 2.27. The molecule has 7 heteroatoms. The predicted molar refractivity (Wildman–Crippen MR) is 105 cm³/mol. The molecule has 1 aromatic heterocycles. The maximum absolute atomic E-state index is 12.3. The van der Waals surface area contributed by atoms with Gasteiger partial charge in [-0.05, 0) is 29.8 Å². The molecular formula is C21H21N3O4. The van der Waals surface area contributed by atoms with Gasteiger partial charge >= 0.3 is 0 Å². The van der Waals surface area contributed by atoms with E-state index in [0.717, 1.165) is 15.8 Å². The van der Waals surface area contributed by atoms with Gasteiger partial charge in [0, 0.05) is 18.2 Å². The summed E-state index contributed by atoms with van der Waals surface area (Å²) in [5, 5.41) is 7.13. The van der Waals surface area contributed by atoms with Crippen molar-refractivity contribution in [3.8, 4) is 22.8 Å². The lowest BCUT2D eigenvalue weighted by Gasteiger charge is -2.12. The van der Waals surface area contributed by atoms with Crippen molar-refractivity contribution in [2.24, 2.45) is 0 Å². The molecule has 144 valence electrons. The third-order valence-corrected chi connectivity index (χ3v) is 4.17. The first-order chi connectivity index (χ1) is 13.6. The minimum Gasteiger partial charge on any atom is -0.497 e. The molecule has 3 rings (SSSR count). The van der Waals surface area contributed by atoms with Gasteiger partial charge < -0.3 is 14.8 Å². The third-order valence-electron chi connectivity index (χ3n) is 4.17. The fourth-order valence-corrected chi connectivity index (χ4v) is 2.68. The third kappa shape index (κ3) is 4.56. The Bertz CT molecular complexity index is 998. The Balaban J connectivity index is 1.80. The molecule has 3 aromatic rings. The van der Waals surface area contributed by atoms with Crippen LogP contribution in [-0.2, 0) is 17.9 Å². The summed E-state index contributed by atoms with van der Waals surface area (Å²) < 4.78 is 11.6. The Morgan fingerprint density at radius 1 is 1.04 bits per heavy atom. The Morgan fingerprint density at radius 3 is 2.39 bits per heavy atom. The number of nitrogens with zero attached hydrogens (tertiary/aromatic N) is 2. The van der Waals surface area contributed by atoms with E-state index in [-0.39, 0.29) is 12.5 Å². The number of benzene rings is 2. The number of rotatable bonds is 7. The number of ether oxygens (including phenoxy) is 2. The summed E-state index contributed by atoms with van der Waals surface area (Å²) in [6.07, 6.45) is 0. The molecule has 0 spiro atoms. The van der Waals surface area contributed by atoms with Gasteiger partial charge in [0.05, 0.1) is 14.2 Å². The number of amides is 1. The molecule has 2 aromatic carbocycles. The zero-order valence-electron chi connectivity index (χ0n) is 15.7. The first-order valence-electron chi connectivity index (χ1n) is 8.72. The minimum atomic E-state index is -0.413. The van der Waals surface area contributed by atoms with Crippen molar-refractivity contribution in [3.63, 3.8) is 0 Å². The van der Waals surface area contributed by atoms with Crippen molar-refractivity contribution in [3.05, 3.63) is 76.6 Å². The van der Waals surface area contributed by atoms with Crippen LogP contribution in [0.3, 0.4) is 0 Å². The highest BCUT2D eigenvalue weighted by molar-refractivity contribution is 5.75. The SMILES string of the molecule is COc1ccc(-c2nn(CC(=O)NCc3ccccc3)c(=O)cc2OC)cc1. The molecule has 1 heterocycles. The van der Waals surface area contributed by atoms with Crippen LogP contribution >= 0.6 is 0 Å². The van der Waals surface area contributed by atoms with E-state index >= 15 is 0 Å². The maximum Gasteiger partial charge on any atom is 0.270 e. The molecule has 0 aliphatic carbocycles. The van der Waals surface area contributed by atoms with Gasteiger partial charge in [0.2, 0.25) is 5.91 Å². The standard InChI is InChI=1S/C21H21N3O4/c1-27-17-10-8-16(9-11-17)21-18(28-2)12-20(26)24(23-21)14-19(25)22-13-15-6-4-3-5-7-15/h3-12H,13-14H2,1-2H3,(H,22,25). The number of hydrogen-bond donors (Lipinski definition) is 1. The molecule has 1 amide bonds. The topological polar surface area (TPSA) is 82.5 Å². The monoisotopic (exact) mass is 379 g/mol. The fraction of sp³-hybridized carbons (Fsp3) is 0.190. The first kappa shape index (κ1) is 19.2. The summed E-state index contributed by atoms with van der Waals surface area (Å²) in [7, 11) is 3.06. The van der Waals surface area contributed by atoms with E-state index in [1.54, 1.807) is 19.2 Å². The Morgan fingerprint density at radius 2 is 1.75 bits per heavy atom. The molecule has 7 nitrogen and oxygen atoms in total. The van der Waals surface area contributed by atoms with Crippen LogP contribution in [0.2, 0.25) is 0 Å². The van der Waals surface area contributed by atoms with Crippen LogP contribution in [0.1, 0.15) is 5.56 Å². The second kappa shape index (κ2) is 8.85. The lowest BCUT2D eigenvalue weighted by Crippen LogP contribution is -2.33. The van der Waals surface area contributed by atoms with Crippen molar-refractivity contribution in [1.82, 2.24) is 15.1 Å². The molecule has 0 bridgehead atoms. The van der Waals surface area contributed by atoms with Gasteiger partial charge in [-0.1, -0.05) is 30.3 Å². The number of carbonyl (C=O) groups excluding carboxylic acids is 1. The molecule has 0 aliphatic rings. The molecule has 0 saturated heterocycles. The van der Waals surface area contributed by atoms with Crippen LogP contribution in [0.5, 0.6) is 11.5 Å². The summed E-state index contributed by atoms with van der Waals surface area (Å²) in [4.78, 5) is 24.6. The summed E-state index contributed by atoms with van der Waals surface area (Å²) in [6.45, 7) is 0.203. The van der Waals surface area contributed by atoms with Crippen LogP contribution in [0, 0.1) is 0 Å². The van der Waals surface area contributed by atoms with E-state index in [2.05, 4.69) is 10.4 Å². The van der Waals surface area contributed by atoms with Gasteiger partial charge in [0.15, 0.2) is 5.75 Å². The van der Waals surface area contributed by atoms with Crippen molar-refractivity contribution < 1.29 is 14.3 Å². The van der Waals surface area contributed by atoms with E-state index in [1.807, 2.05) is 42.5 Å². The maximum atomic E-state index is 12.3. The smallest absolute Gasteiger partial charge is 0.270 e. The summed E-state index contributed by atoms with van der Waals surface area (Å²) in [5.74, 6) is 0.747. The van der Waals surface area contributed by atoms with Crippen LogP contribution in [-0.4, -0.2) is 29.9 Å². The Hall–Kier alpha value is -3.61. The number of nitrogens with one attached hydrogen (secondary N) is 1. The average molecular weight is 379 g/mol. The quantitative estimate of drug-likeness (QED) is 0.681. The van der Waals surface area contributed by atoms with Crippen LogP contribution < -0.4 is 20.3 Å². The van der Waals surface area contributed by atoms with Gasteiger partial charge in [-0.2, -0.15) is 5.10 Å². The molecule has 0 unspecified atom stereocenters. The van der Waals surface area contributed by atoms with E-state index in [9.17, 15) is 9.59 Å². The summed E-state index contributed by atoms with van der Waals surface area (Å²) in [5.41, 5.74) is 1.78. The lowest BCUT2D eigenvalue weighted by molar-refractivity contribution is -0.122. The first-order valence-corrected chi connectivity index (χ1v) is 8.72. The summed E-state index contributed by atoms with van der Waals surface area (Å²) in [6, 6.07) is 18.1. The Labute approximate surface area is 162 Å². The van der Waals surface area contributed by atoms with Crippen LogP contribution in [0.25, 0.3) is 11.3 Å². The molecule has 1 N–H and O–H groups in total. The zero-order chi connectivity index (χ0) is 19.9. The van der Waals surface area contributed by atoms with Crippen LogP contribution in [0.4, 0.5) is 0 Å². The molecule has 28 heavy (non-hydrogen) atoms. The highest BCUT2D eigenvalue weighted by Gasteiger charge is 2.14. The van der Waals surface area contributed by atoms with Gasteiger partial charge in [0.1, 0.15) is 18.0 Å².